The summed E-state index contributed by atoms with van der Waals surface area (Å²) in [5.74, 6) is -0.109. The second-order valence-electron chi connectivity index (χ2n) is 7.09. The SMILES string of the molecule is C=CCNC(=O)C(C)(C)C[C@@H](C)NC(=O)[C@@H](C)Cc1ccccc1. The molecule has 1 aromatic carbocycles. The van der Waals surface area contributed by atoms with E-state index in [9.17, 15) is 9.59 Å². The highest BCUT2D eigenvalue weighted by Gasteiger charge is 2.30. The Bertz CT molecular complexity index is 552. The van der Waals surface area contributed by atoms with Crippen molar-refractivity contribution in [2.75, 3.05) is 6.54 Å². The van der Waals surface area contributed by atoms with E-state index in [1.807, 2.05) is 58.0 Å². The quantitative estimate of drug-likeness (QED) is 0.684. The third-order valence-corrected chi connectivity index (χ3v) is 4.06. The third kappa shape index (κ3) is 6.57. The van der Waals surface area contributed by atoms with Gasteiger partial charge in [0.05, 0.1) is 0 Å². The Kier molecular flexibility index (Phi) is 7.69. The van der Waals surface area contributed by atoms with Gasteiger partial charge in [0.1, 0.15) is 0 Å². The van der Waals surface area contributed by atoms with E-state index in [1.54, 1.807) is 6.08 Å². The molecule has 4 nitrogen and oxygen atoms in total. The van der Waals surface area contributed by atoms with E-state index in [0.29, 0.717) is 19.4 Å². The second-order valence-corrected chi connectivity index (χ2v) is 7.09. The normalized spacial score (nSPS) is 13.7. The molecule has 0 aliphatic rings. The van der Waals surface area contributed by atoms with Crippen LogP contribution in [0.4, 0.5) is 0 Å². The highest BCUT2D eigenvalue weighted by atomic mass is 16.2. The van der Waals surface area contributed by atoms with Gasteiger partial charge in [-0.15, -0.1) is 6.58 Å². The molecule has 1 aromatic rings. The molecule has 0 saturated heterocycles. The van der Waals surface area contributed by atoms with Crippen molar-refractivity contribution in [3.05, 3.63) is 48.6 Å². The van der Waals surface area contributed by atoms with Crippen molar-refractivity contribution in [2.45, 2.75) is 46.6 Å². The Morgan fingerprint density at radius 1 is 1.21 bits per heavy atom. The first-order chi connectivity index (χ1) is 11.3. The Morgan fingerprint density at radius 2 is 1.83 bits per heavy atom. The van der Waals surface area contributed by atoms with Gasteiger partial charge in [-0.1, -0.05) is 57.2 Å². The number of amides is 2. The van der Waals surface area contributed by atoms with Gasteiger partial charge in [0.2, 0.25) is 11.8 Å². The maximum atomic E-state index is 12.4. The molecule has 0 heterocycles. The number of benzene rings is 1. The first kappa shape index (κ1) is 19.9. The first-order valence-electron chi connectivity index (χ1n) is 8.49. The summed E-state index contributed by atoms with van der Waals surface area (Å²) >= 11 is 0. The van der Waals surface area contributed by atoms with Crippen molar-refractivity contribution < 1.29 is 9.59 Å². The minimum absolute atomic E-state index is 0.0219. The molecule has 0 aliphatic carbocycles. The third-order valence-electron chi connectivity index (χ3n) is 4.06. The van der Waals surface area contributed by atoms with Crippen LogP contribution >= 0.6 is 0 Å². The zero-order chi connectivity index (χ0) is 18.2. The van der Waals surface area contributed by atoms with Gasteiger partial charge in [0, 0.05) is 23.9 Å². The van der Waals surface area contributed by atoms with E-state index in [0.717, 1.165) is 5.56 Å². The van der Waals surface area contributed by atoms with Crippen molar-refractivity contribution in [3.8, 4) is 0 Å². The fourth-order valence-electron chi connectivity index (χ4n) is 2.76. The van der Waals surface area contributed by atoms with Gasteiger partial charge in [-0.2, -0.15) is 0 Å². The number of hydrogen-bond acceptors (Lipinski definition) is 2. The molecule has 0 bridgehead atoms. The van der Waals surface area contributed by atoms with E-state index in [2.05, 4.69) is 17.2 Å². The minimum atomic E-state index is -0.543. The lowest BCUT2D eigenvalue weighted by molar-refractivity contribution is -0.131. The van der Waals surface area contributed by atoms with Gasteiger partial charge in [-0.3, -0.25) is 9.59 Å². The van der Waals surface area contributed by atoms with E-state index in [4.69, 9.17) is 0 Å². The molecule has 2 amide bonds. The molecule has 2 atom stereocenters. The zero-order valence-electron chi connectivity index (χ0n) is 15.3. The number of nitrogens with one attached hydrogen (secondary N) is 2. The fourth-order valence-corrected chi connectivity index (χ4v) is 2.76. The lowest BCUT2D eigenvalue weighted by Gasteiger charge is -2.28. The first-order valence-corrected chi connectivity index (χ1v) is 8.49. The molecule has 0 spiro atoms. The number of carbonyl (C=O) groups excluding carboxylic acids is 2. The van der Waals surface area contributed by atoms with E-state index in [-0.39, 0.29) is 23.8 Å². The Balaban J connectivity index is 2.50. The minimum Gasteiger partial charge on any atom is -0.353 e. The van der Waals surface area contributed by atoms with Gasteiger partial charge in [-0.05, 0) is 25.3 Å². The number of rotatable bonds is 9. The van der Waals surface area contributed by atoms with Crippen LogP contribution in [-0.2, 0) is 16.0 Å². The van der Waals surface area contributed by atoms with Gasteiger partial charge in [0.15, 0.2) is 0 Å². The highest BCUT2D eigenvalue weighted by molar-refractivity contribution is 5.82. The molecular formula is C20H30N2O2. The summed E-state index contributed by atoms with van der Waals surface area (Å²) in [4.78, 5) is 24.5. The summed E-state index contributed by atoms with van der Waals surface area (Å²) in [6, 6.07) is 9.91. The molecule has 0 radical (unpaired) electrons. The molecule has 0 aliphatic heterocycles. The highest BCUT2D eigenvalue weighted by Crippen LogP contribution is 2.23. The lowest BCUT2D eigenvalue weighted by Crippen LogP contribution is -2.44. The van der Waals surface area contributed by atoms with Gasteiger partial charge < -0.3 is 10.6 Å². The topological polar surface area (TPSA) is 58.2 Å². The lowest BCUT2D eigenvalue weighted by atomic mass is 9.85. The molecule has 1 rings (SSSR count). The van der Waals surface area contributed by atoms with Crippen LogP contribution in [0.1, 0.15) is 39.7 Å². The second kappa shape index (κ2) is 9.26. The van der Waals surface area contributed by atoms with Crippen LogP contribution in [0.5, 0.6) is 0 Å². The van der Waals surface area contributed by atoms with Crippen molar-refractivity contribution >= 4 is 11.8 Å². The van der Waals surface area contributed by atoms with Crippen LogP contribution in [0.2, 0.25) is 0 Å². The molecule has 0 fully saturated rings. The smallest absolute Gasteiger partial charge is 0.225 e. The molecule has 132 valence electrons. The molecule has 2 N–H and O–H groups in total. The summed E-state index contributed by atoms with van der Waals surface area (Å²) < 4.78 is 0. The van der Waals surface area contributed by atoms with Crippen LogP contribution in [0, 0.1) is 11.3 Å². The monoisotopic (exact) mass is 330 g/mol. The molecule has 0 aromatic heterocycles. The van der Waals surface area contributed by atoms with Crippen molar-refractivity contribution in [3.63, 3.8) is 0 Å². The van der Waals surface area contributed by atoms with Gasteiger partial charge >= 0.3 is 0 Å². The summed E-state index contributed by atoms with van der Waals surface area (Å²) in [5.41, 5.74) is 0.607. The molecular weight excluding hydrogens is 300 g/mol. The summed E-state index contributed by atoms with van der Waals surface area (Å²) in [6.07, 6.45) is 2.95. The number of carbonyl (C=O) groups is 2. The van der Waals surface area contributed by atoms with Gasteiger partial charge in [0.25, 0.3) is 0 Å². The summed E-state index contributed by atoms with van der Waals surface area (Å²) in [5, 5.41) is 5.84. The van der Waals surface area contributed by atoms with Crippen LogP contribution < -0.4 is 10.6 Å². The van der Waals surface area contributed by atoms with Crippen molar-refractivity contribution in [2.24, 2.45) is 11.3 Å². The standard InChI is InChI=1S/C20H30N2O2/c1-6-12-21-19(24)20(4,5)14-16(3)22-18(23)15(2)13-17-10-8-7-9-11-17/h6-11,15-16H,1,12-14H2,2-5H3,(H,21,24)(H,22,23)/t15-,16+/m0/s1. The Labute approximate surface area is 145 Å². The van der Waals surface area contributed by atoms with E-state index < -0.39 is 5.41 Å². The zero-order valence-corrected chi connectivity index (χ0v) is 15.3. The summed E-state index contributed by atoms with van der Waals surface area (Å²) in [7, 11) is 0. The average Bonchev–Trinajstić information content (AvgIpc) is 2.52. The molecule has 4 heteroatoms. The summed E-state index contributed by atoms with van der Waals surface area (Å²) in [6.45, 7) is 11.7. The van der Waals surface area contributed by atoms with Crippen molar-refractivity contribution in [1.82, 2.24) is 10.6 Å². The van der Waals surface area contributed by atoms with Crippen LogP contribution in [0.25, 0.3) is 0 Å². The van der Waals surface area contributed by atoms with Crippen LogP contribution in [0.3, 0.4) is 0 Å². The van der Waals surface area contributed by atoms with Crippen molar-refractivity contribution in [1.29, 1.82) is 0 Å². The molecule has 0 saturated carbocycles. The van der Waals surface area contributed by atoms with Gasteiger partial charge in [-0.25, -0.2) is 0 Å². The van der Waals surface area contributed by atoms with Crippen LogP contribution in [0.15, 0.2) is 43.0 Å². The Hall–Kier alpha value is -2.10. The van der Waals surface area contributed by atoms with E-state index >= 15 is 0 Å². The molecule has 24 heavy (non-hydrogen) atoms. The van der Waals surface area contributed by atoms with E-state index in [1.165, 1.54) is 0 Å². The Morgan fingerprint density at radius 3 is 2.42 bits per heavy atom. The average molecular weight is 330 g/mol. The fraction of sp³-hybridized carbons (Fsp3) is 0.500. The van der Waals surface area contributed by atoms with Crippen LogP contribution in [-0.4, -0.2) is 24.4 Å². The number of hydrogen-bond donors (Lipinski definition) is 2. The predicted octanol–water partition coefficient (Wildman–Crippen LogP) is 3.09. The molecule has 0 unspecified atom stereocenters. The largest absolute Gasteiger partial charge is 0.353 e. The maximum Gasteiger partial charge on any atom is 0.225 e. The predicted molar refractivity (Wildman–Crippen MR) is 98.5 cm³/mol. The maximum absolute atomic E-state index is 12.4.